The summed E-state index contributed by atoms with van der Waals surface area (Å²) < 4.78 is 0. The first-order valence-electron chi connectivity index (χ1n) is 15.1. The van der Waals surface area contributed by atoms with Crippen molar-refractivity contribution >= 4 is 15.8 Å². The molecule has 0 fully saturated rings. The minimum atomic E-state index is -0.0615. The Morgan fingerprint density at radius 1 is 0.350 bits per heavy atom. The fourth-order valence-electron chi connectivity index (χ4n) is 5.89. The monoisotopic (exact) mass is 566 g/mol. The largest absolute Gasteiger partial charge is 0.105 e. The Labute approximate surface area is 247 Å². The molecule has 0 spiro atoms. The molecule has 0 saturated carbocycles. The fraction of sp³-hybridized carbons (Fsp3) is 0.368. The zero-order chi connectivity index (χ0) is 28.2. The van der Waals surface area contributed by atoms with E-state index in [0.717, 1.165) is 0 Å². The summed E-state index contributed by atoms with van der Waals surface area (Å²) in [7, 11) is -0.123. The lowest BCUT2D eigenvalue weighted by Gasteiger charge is -2.30. The molecule has 0 unspecified atom stereocenters. The maximum atomic E-state index is 2.45. The van der Waals surface area contributed by atoms with Gasteiger partial charge < -0.3 is 0 Å². The molecule has 0 radical (unpaired) electrons. The predicted molar refractivity (Wildman–Crippen MR) is 182 cm³/mol. The van der Waals surface area contributed by atoms with Gasteiger partial charge in [0.05, 0.1) is 0 Å². The molecule has 4 atom stereocenters. The maximum Gasteiger partial charge on any atom is -0.0151 e. The van der Waals surface area contributed by atoms with E-state index in [2.05, 4.69) is 149 Å². The van der Waals surface area contributed by atoms with Crippen LogP contribution >= 0.6 is 15.8 Å². The minimum absolute atomic E-state index is 0.0615. The second-order valence-corrected chi connectivity index (χ2v) is 16.8. The summed E-state index contributed by atoms with van der Waals surface area (Å²) >= 11 is 0. The van der Waals surface area contributed by atoms with Gasteiger partial charge in [0, 0.05) is 0 Å². The lowest BCUT2D eigenvalue weighted by molar-refractivity contribution is 0.838. The first kappa shape index (κ1) is 30.7. The van der Waals surface area contributed by atoms with Crippen LogP contribution in [0.2, 0.25) is 0 Å². The predicted octanol–water partition coefficient (Wildman–Crippen LogP) is 11.2. The van der Waals surface area contributed by atoms with Gasteiger partial charge in [0.15, 0.2) is 0 Å². The highest BCUT2D eigenvalue weighted by atomic mass is 31.1. The van der Waals surface area contributed by atoms with Crippen LogP contribution in [0.25, 0.3) is 0 Å². The SMILES string of the molecule is C[C@@H](CP(CCP(C[C@H](C)c1ccccc1)C[C@H](C)c1ccccc1)C[C@H](C)c1ccccc1)c1ccccc1. The van der Waals surface area contributed by atoms with Gasteiger partial charge in [-0.3, -0.25) is 0 Å². The van der Waals surface area contributed by atoms with Gasteiger partial charge in [-0.1, -0.05) is 149 Å². The lowest BCUT2D eigenvalue weighted by atomic mass is 10.0. The van der Waals surface area contributed by atoms with Gasteiger partial charge in [0.25, 0.3) is 0 Å². The van der Waals surface area contributed by atoms with Gasteiger partial charge >= 0.3 is 0 Å². The maximum absolute atomic E-state index is 2.45. The Hall–Kier alpha value is -2.26. The lowest BCUT2D eigenvalue weighted by Crippen LogP contribution is -2.12. The highest BCUT2D eigenvalue weighted by Crippen LogP contribution is 2.50. The fourth-order valence-corrected chi connectivity index (χ4v) is 13.1. The molecule has 0 N–H and O–H groups in total. The normalized spacial score (nSPS) is 14.7. The Kier molecular flexibility index (Phi) is 12.5. The first-order valence-corrected chi connectivity index (χ1v) is 18.9. The topological polar surface area (TPSA) is 0 Å². The van der Waals surface area contributed by atoms with Crippen molar-refractivity contribution in [2.24, 2.45) is 0 Å². The standard InChI is InChI=1S/C38H48P2/c1-31(35-17-9-5-10-18-35)27-39(28-32(2)36-19-11-6-12-20-36)25-26-40(29-33(3)37-21-13-7-14-22-37)30-34(4)38-23-15-8-16-24-38/h5-24,31-34H,25-30H2,1-4H3/t31-,32-,33-,34-/m0/s1. The van der Waals surface area contributed by atoms with Crippen molar-refractivity contribution in [3.05, 3.63) is 144 Å². The number of hydrogen-bond acceptors (Lipinski definition) is 0. The third kappa shape index (κ3) is 9.68. The zero-order valence-corrected chi connectivity index (χ0v) is 26.8. The summed E-state index contributed by atoms with van der Waals surface area (Å²) in [6.45, 7) is 9.82. The van der Waals surface area contributed by atoms with E-state index < -0.39 is 0 Å². The van der Waals surface area contributed by atoms with Crippen molar-refractivity contribution < 1.29 is 0 Å². The van der Waals surface area contributed by atoms with Crippen LogP contribution in [0.15, 0.2) is 121 Å². The Bertz CT molecular complexity index is 1020. The summed E-state index contributed by atoms with van der Waals surface area (Å²) in [6, 6.07) is 44.8. The molecule has 2 heteroatoms. The van der Waals surface area contributed by atoms with E-state index in [9.17, 15) is 0 Å². The quantitative estimate of drug-likeness (QED) is 0.126. The van der Waals surface area contributed by atoms with Crippen molar-refractivity contribution in [2.45, 2.75) is 51.4 Å². The second kappa shape index (κ2) is 16.2. The molecule has 0 saturated heterocycles. The van der Waals surface area contributed by atoms with Crippen LogP contribution in [-0.4, -0.2) is 37.0 Å². The van der Waals surface area contributed by atoms with E-state index >= 15 is 0 Å². The summed E-state index contributed by atoms with van der Waals surface area (Å²) in [5.74, 6) is 2.47. The molecule has 0 bridgehead atoms. The van der Waals surface area contributed by atoms with Gasteiger partial charge in [0.2, 0.25) is 0 Å². The summed E-state index contributed by atoms with van der Waals surface area (Å²) in [6.07, 6.45) is 8.14. The average molecular weight is 567 g/mol. The number of benzene rings is 4. The Balaban J connectivity index is 1.49. The molecule has 0 nitrogen and oxygen atoms in total. The van der Waals surface area contributed by atoms with Crippen molar-refractivity contribution in [1.29, 1.82) is 0 Å². The van der Waals surface area contributed by atoms with Gasteiger partial charge in [0.1, 0.15) is 0 Å². The summed E-state index contributed by atoms with van der Waals surface area (Å²) in [5, 5.41) is 0. The van der Waals surface area contributed by atoms with Gasteiger partial charge in [-0.25, -0.2) is 0 Å². The minimum Gasteiger partial charge on any atom is -0.105 e. The molecule has 4 aromatic carbocycles. The van der Waals surface area contributed by atoms with Gasteiger partial charge in [-0.15, -0.1) is 15.8 Å². The number of hydrogen-bond donors (Lipinski definition) is 0. The number of rotatable bonds is 15. The van der Waals surface area contributed by atoms with E-state index in [1.54, 1.807) is 0 Å². The first-order chi connectivity index (χ1) is 19.5. The molecule has 0 aliphatic rings. The van der Waals surface area contributed by atoms with Crippen LogP contribution in [0.5, 0.6) is 0 Å². The Morgan fingerprint density at radius 2 is 0.550 bits per heavy atom. The molecule has 0 aromatic heterocycles. The molecule has 0 heterocycles. The van der Waals surface area contributed by atoms with Crippen LogP contribution in [0, 0.1) is 0 Å². The van der Waals surface area contributed by atoms with Crippen LogP contribution < -0.4 is 0 Å². The van der Waals surface area contributed by atoms with Crippen molar-refractivity contribution in [1.82, 2.24) is 0 Å². The summed E-state index contributed by atoms with van der Waals surface area (Å²) in [5.41, 5.74) is 6.00. The molecule has 0 aliphatic heterocycles. The van der Waals surface area contributed by atoms with E-state index in [4.69, 9.17) is 0 Å². The van der Waals surface area contributed by atoms with Crippen molar-refractivity contribution in [3.63, 3.8) is 0 Å². The van der Waals surface area contributed by atoms with Crippen LogP contribution in [0.3, 0.4) is 0 Å². The van der Waals surface area contributed by atoms with Crippen molar-refractivity contribution in [2.75, 3.05) is 37.0 Å². The van der Waals surface area contributed by atoms with E-state index in [1.807, 2.05) is 0 Å². The molecular formula is C38H48P2. The molecule has 0 aliphatic carbocycles. The molecule has 4 aromatic rings. The third-order valence-corrected chi connectivity index (χ3v) is 14.7. The molecule has 210 valence electrons. The average Bonchev–Trinajstić information content (AvgIpc) is 3.01. The molecule has 0 amide bonds. The van der Waals surface area contributed by atoms with Gasteiger partial charge in [-0.05, 0) is 82.9 Å². The molecule has 4 rings (SSSR count). The van der Waals surface area contributed by atoms with Crippen LogP contribution in [-0.2, 0) is 0 Å². The highest BCUT2D eigenvalue weighted by Gasteiger charge is 2.22. The van der Waals surface area contributed by atoms with E-state index in [1.165, 1.54) is 59.2 Å². The van der Waals surface area contributed by atoms with E-state index in [0.29, 0.717) is 23.7 Å². The van der Waals surface area contributed by atoms with Crippen LogP contribution in [0.4, 0.5) is 0 Å². The third-order valence-electron chi connectivity index (χ3n) is 8.34. The molecular weight excluding hydrogens is 518 g/mol. The second-order valence-electron chi connectivity index (χ2n) is 11.8. The molecule has 40 heavy (non-hydrogen) atoms. The van der Waals surface area contributed by atoms with Gasteiger partial charge in [-0.2, -0.15) is 0 Å². The summed E-state index contributed by atoms with van der Waals surface area (Å²) in [4.78, 5) is 0. The van der Waals surface area contributed by atoms with Crippen molar-refractivity contribution in [3.8, 4) is 0 Å². The van der Waals surface area contributed by atoms with E-state index in [-0.39, 0.29) is 15.8 Å². The Morgan fingerprint density at radius 3 is 0.750 bits per heavy atom. The highest BCUT2D eigenvalue weighted by molar-refractivity contribution is 7.61. The smallest absolute Gasteiger partial charge is 0.0151 e. The van der Waals surface area contributed by atoms with Crippen LogP contribution in [0.1, 0.15) is 73.6 Å². The zero-order valence-electron chi connectivity index (χ0n) is 25.0.